The third kappa shape index (κ3) is 2.00. The van der Waals surface area contributed by atoms with Crippen LogP contribution in [0.3, 0.4) is 0 Å². The molecule has 4 aromatic heterocycles. The van der Waals surface area contributed by atoms with E-state index in [2.05, 4.69) is 27.4 Å². The summed E-state index contributed by atoms with van der Waals surface area (Å²) in [5.74, 6) is 0. The molecule has 0 aliphatic rings. The van der Waals surface area contributed by atoms with Crippen LogP contribution in [0, 0.1) is 6.92 Å². The molecule has 5 nitrogen and oxygen atoms in total. The first-order valence-electron chi connectivity index (χ1n) is 6.89. The summed E-state index contributed by atoms with van der Waals surface area (Å²) in [4.78, 5) is 9.19. The average Bonchev–Trinajstić information content (AvgIpc) is 3.17. The van der Waals surface area contributed by atoms with Crippen LogP contribution in [-0.4, -0.2) is 24.1 Å². The summed E-state index contributed by atoms with van der Waals surface area (Å²) in [6, 6.07) is 7.99. The van der Waals surface area contributed by atoms with E-state index in [-0.39, 0.29) is 0 Å². The fraction of sp³-hybridized carbons (Fsp3) is 0.125. The van der Waals surface area contributed by atoms with E-state index in [1.54, 1.807) is 6.20 Å². The van der Waals surface area contributed by atoms with Crippen LogP contribution in [0.5, 0.6) is 0 Å². The van der Waals surface area contributed by atoms with E-state index in [4.69, 9.17) is 4.98 Å². The lowest BCUT2D eigenvalue weighted by Gasteiger charge is -2.06. The molecule has 0 aliphatic carbocycles. The van der Waals surface area contributed by atoms with Crippen molar-refractivity contribution in [3.05, 3.63) is 47.7 Å². The van der Waals surface area contributed by atoms with Gasteiger partial charge in [-0.3, -0.25) is 9.67 Å². The second-order valence-corrected chi connectivity index (χ2v) is 5.75. The molecule has 4 rings (SSSR count). The molecule has 0 unspecified atom stereocenters. The molecule has 4 heterocycles. The van der Waals surface area contributed by atoms with Gasteiger partial charge in [0.2, 0.25) is 0 Å². The van der Waals surface area contributed by atoms with Crippen molar-refractivity contribution in [2.45, 2.75) is 6.92 Å². The molecule has 0 fully saturated rings. The molecular weight excluding hydrogens is 294 g/mol. The third-order valence-corrected chi connectivity index (χ3v) is 4.35. The molecule has 108 valence electrons. The van der Waals surface area contributed by atoms with Crippen LogP contribution in [0.4, 0.5) is 0 Å². The molecule has 4 aromatic rings. The monoisotopic (exact) mass is 307 g/mol. The van der Waals surface area contributed by atoms with Crippen molar-refractivity contribution < 1.29 is 0 Å². The van der Waals surface area contributed by atoms with E-state index in [9.17, 15) is 0 Å². The van der Waals surface area contributed by atoms with Gasteiger partial charge in [0.05, 0.1) is 23.0 Å². The Bertz CT molecular complexity index is 942. The fourth-order valence-corrected chi connectivity index (χ4v) is 3.07. The van der Waals surface area contributed by atoms with Gasteiger partial charge in [-0.2, -0.15) is 5.10 Å². The standard InChI is InChI=1S/C16H13N5S/c1-10-15-12(13-5-3-4-6-17-13)7-14(11-8-18-22-9-11)19-16(15)20-21(10)2/h3-9H,1-2H3. The molecule has 0 saturated heterocycles. The summed E-state index contributed by atoms with van der Waals surface area (Å²) in [5.41, 5.74) is 5.68. The zero-order chi connectivity index (χ0) is 15.1. The zero-order valence-corrected chi connectivity index (χ0v) is 13.0. The Hall–Kier alpha value is -2.60. The zero-order valence-electron chi connectivity index (χ0n) is 12.2. The number of hydrogen-bond acceptors (Lipinski definition) is 5. The highest BCUT2D eigenvalue weighted by atomic mass is 32.1. The van der Waals surface area contributed by atoms with Gasteiger partial charge >= 0.3 is 0 Å². The highest BCUT2D eigenvalue weighted by Gasteiger charge is 2.16. The van der Waals surface area contributed by atoms with Crippen LogP contribution in [-0.2, 0) is 7.05 Å². The molecule has 22 heavy (non-hydrogen) atoms. The Kier molecular flexibility index (Phi) is 2.97. The quantitative estimate of drug-likeness (QED) is 0.569. The third-order valence-electron chi connectivity index (χ3n) is 3.76. The number of rotatable bonds is 2. The average molecular weight is 307 g/mol. The normalized spacial score (nSPS) is 11.2. The number of aryl methyl sites for hydroxylation is 2. The number of nitrogens with zero attached hydrogens (tertiary/aromatic N) is 5. The molecule has 0 aromatic carbocycles. The maximum absolute atomic E-state index is 4.69. The number of hydrogen-bond donors (Lipinski definition) is 0. The Morgan fingerprint density at radius 1 is 1.18 bits per heavy atom. The topological polar surface area (TPSA) is 56.5 Å². The van der Waals surface area contributed by atoms with E-state index < -0.39 is 0 Å². The van der Waals surface area contributed by atoms with Gasteiger partial charge in [0.15, 0.2) is 5.65 Å². The summed E-state index contributed by atoms with van der Waals surface area (Å²) in [6.07, 6.45) is 3.63. The Balaban J connectivity index is 2.08. The summed E-state index contributed by atoms with van der Waals surface area (Å²) < 4.78 is 6.03. The Morgan fingerprint density at radius 2 is 2.09 bits per heavy atom. The van der Waals surface area contributed by atoms with Crippen molar-refractivity contribution in [3.63, 3.8) is 0 Å². The van der Waals surface area contributed by atoms with Crippen LogP contribution >= 0.6 is 11.5 Å². The van der Waals surface area contributed by atoms with Crippen LogP contribution in [0.15, 0.2) is 42.0 Å². The smallest absolute Gasteiger partial charge is 0.182 e. The van der Waals surface area contributed by atoms with E-state index in [1.807, 2.05) is 41.5 Å². The van der Waals surface area contributed by atoms with Crippen molar-refractivity contribution in [2.75, 3.05) is 0 Å². The SMILES string of the molecule is Cc1c2c(-c3ccccn3)cc(-c3cnsc3)nc2nn1C. The molecule has 6 heteroatoms. The molecule has 0 spiro atoms. The minimum Gasteiger partial charge on any atom is -0.270 e. The van der Waals surface area contributed by atoms with Crippen LogP contribution in [0.1, 0.15) is 5.69 Å². The van der Waals surface area contributed by atoms with Gasteiger partial charge in [0.25, 0.3) is 0 Å². The first kappa shape index (κ1) is 13.1. The van der Waals surface area contributed by atoms with E-state index in [0.29, 0.717) is 0 Å². The first-order valence-corrected chi connectivity index (χ1v) is 7.73. The minimum absolute atomic E-state index is 0.740. The maximum Gasteiger partial charge on any atom is 0.182 e. The second kappa shape index (κ2) is 4.99. The summed E-state index contributed by atoms with van der Waals surface area (Å²) >= 11 is 1.42. The molecule has 0 radical (unpaired) electrons. The van der Waals surface area contributed by atoms with Gasteiger partial charge < -0.3 is 0 Å². The molecule has 0 bridgehead atoms. The Labute approximate surface area is 131 Å². The lowest BCUT2D eigenvalue weighted by atomic mass is 10.0. The summed E-state index contributed by atoms with van der Waals surface area (Å²) in [6.45, 7) is 2.05. The van der Waals surface area contributed by atoms with Crippen molar-refractivity contribution in [3.8, 4) is 22.5 Å². The van der Waals surface area contributed by atoms with Crippen molar-refractivity contribution >= 4 is 22.6 Å². The second-order valence-electron chi connectivity index (χ2n) is 5.09. The fourth-order valence-electron chi connectivity index (χ4n) is 2.54. The van der Waals surface area contributed by atoms with Gasteiger partial charge in [0.1, 0.15) is 0 Å². The number of pyridine rings is 2. The predicted molar refractivity (Wildman–Crippen MR) is 87.6 cm³/mol. The van der Waals surface area contributed by atoms with Crippen molar-refractivity contribution in [2.24, 2.45) is 7.05 Å². The largest absolute Gasteiger partial charge is 0.270 e. The predicted octanol–water partition coefficient (Wildman–Crippen LogP) is 3.46. The van der Waals surface area contributed by atoms with Gasteiger partial charge in [-0.15, -0.1) is 0 Å². The van der Waals surface area contributed by atoms with Gasteiger partial charge in [-0.1, -0.05) is 6.07 Å². The summed E-state index contributed by atoms with van der Waals surface area (Å²) in [5, 5.41) is 7.57. The van der Waals surface area contributed by atoms with Crippen LogP contribution in [0.25, 0.3) is 33.5 Å². The van der Waals surface area contributed by atoms with E-state index in [1.165, 1.54) is 11.5 Å². The van der Waals surface area contributed by atoms with Crippen molar-refractivity contribution in [1.82, 2.24) is 24.1 Å². The minimum atomic E-state index is 0.740. The maximum atomic E-state index is 4.69. The molecule has 0 N–H and O–H groups in total. The lowest BCUT2D eigenvalue weighted by Crippen LogP contribution is -1.92. The molecule has 0 amide bonds. The number of fused-ring (bicyclic) bond motifs is 1. The van der Waals surface area contributed by atoms with E-state index >= 15 is 0 Å². The summed E-state index contributed by atoms with van der Waals surface area (Å²) in [7, 11) is 1.94. The number of aromatic nitrogens is 5. The van der Waals surface area contributed by atoms with Crippen LogP contribution < -0.4 is 0 Å². The van der Waals surface area contributed by atoms with Crippen LogP contribution in [0.2, 0.25) is 0 Å². The highest BCUT2D eigenvalue weighted by molar-refractivity contribution is 7.03. The van der Waals surface area contributed by atoms with Gasteiger partial charge in [-0.05, 0) is 36.7 Å². The molecular formula is C16H13N5S. The lowest BCUT2D eigenvalue weighted by molar-refractivity contribution is 0.748. The molecule has 0 atom stereocenters. The van der Waals surface area contributed by atoms with Gasteiger partial charge in [0, 0.05) is 35.4 Å². The van der Waals surface area contributed by atoms with Crippen molar-refractivity contribution in [1.29, 1.82) is 0 Å². The molecule has 0 saturated carbocycles. The first-order chi connectivity index (χ1) is 10.7. The van der Waals surface area contributed by atoms with Gasteiger partial charge in [-0.25, -0.2) is 9.36 Å². The Morgan fingerprint density at radius 3 is 2.82 bits per heavy atom. The van der Waals surface area contributed by atoms with E-state index in [0.717, 1.165) is 39.2 Å². The highest BCUT2D eigenvalue weighted by Crippen LogP contribution is 2.32. The molecule has 0 aliphatic heterocycles.